The number of hydrogen-bond acceptors (Lipinski definition) is 9. The molecule has 3 saturated heterocycles. The van der Waals surface area contributed by atoms with E-state index in [-0.39, 0.29) is 34.7 Å². The summed E-state index contributed by atoms with van der Waals surface area (Å²) >= 11 is 0. The van der Waals surface area contributed by atoms with E-state index in [2.05, 4.69) is 20.6 Å². The van der Waals surface area contributed by atoms with Crippen molar-refractivity contribution in [1.82, 2.24) is 35.3 Å². The molecule has 0 saturated carbocycles. The molecular weight excluding hydrogens is 561 g/mol. The third kappa shape index (κ3) is 4.40. The predicted molar refractivity (Wildman–Crippen MR) is 166 cm³/mol. The van der Waals surface area contributed by atoms with Crippen LogP contribution >= 0.6 is 0 Å². The van der Waals surface area contributed by atoms with E-state index in [4.69, 9.17) is 14.7 Å². The van der Waals surface area contributed by atoms with Gasteiger partial charge in [-0.25, -0.2) is 4.39 Å². The lowest BCUT2D eigenvalue weighted by atomic mass is 9.93. The molecule has 0 amide bonds. The average Bonchev–Trinajstić information content (AvgIpc) is 3.45. The van der Waals surface area contributed by atoms with Crippen molar-refractivity contribution < 1.29 is 14.2 Å². The van der Waals surface area contributed by atoms with Crippen LogP contribution in [0.4, 0.5) is 4.39 Å². The molecule has 0 aliphatic carbocycles. The van der Waals surface area contributed by atoms with Crippen molar-refractivity contribution >= 4 is 27.2 Å². The monoisotopic (exact) mass is 597 g/mol. The van der Waals surface area contributed by atoms with Crippen molar-refractivity contribution in [3.63, 3.8) is 0 Å². The Morgan fingerprint density at radius 2 is 2.00 bits per heavy atom. The minimum Gasteiger partial charge on any atom is -0.508 e. The zero-order valence-corrected chi connectivity index (χ0v) is 24.8. The minimum absolute atomic E-state index is 0.00481. The summed E-state index contributed by atoms with van der Waals surface area (Å²) in [5, 5.41) is 24.0. The quantitative estimate of drug-likeness (QED) is 0.307. The molecule has 9 rings (SSSR count). The van der Waals surface area contributed by atoms with Crippen LogP contribution in [0.3, 0.4) is 0 Å². The fourth-order valence-corrected chi connectivity index (χ4v) is 7.93. The number of phenolic OH excluding ortho intramolecular Hbond substituents is 1. The SMILES string of the molecule is CCc1c(F)ccc2cc(O)cc(-n3ncc4c(C5=C6CNCC(C5)NC6)nc(OCC56CCCN5CCC6)nc4c3=O)c12. The fraction of sp³-hybridized carbons (Fsp3) is 0.455. The maximum Gasteiger partial charge on any atom is 0.317 e. The van der Waals surface area contributed by atoms with Crippen LogP contribution in [0.5, 0.6) is 11.8 Å². The Morgan fingerprint density at radius 3 is 2.82 bits per heavy atom. The van der Waals surface area contributed by atoms with Crippen molar-refractivity contribution in [2.75, 3.05) is 39.3 Å². The highest BCUT2D eigenvalue weighted by Gasteiger charge is 2.45. The lowest BCUT2D eigenvalue weighted by molar-refractivity contribution is 0.107. The van der Waals surface area contributed by atoms with Gasteiger partial charge in [-0.05, 0) is 85.8 Å². The number of halogens is 1. The van der Waals surface area contributed by atoms with Gasteiger partial charge >= 0.3 is 6.01 Å². The molecule has 4 aromatic rings. The fourth-order valence-electron chi connectivity index (χ4n) is 7.93. The van der Waals surface area contributed by atoms with E-state index >= 15 is 0 Å². The molecule has 228 valence electrons. The Balaban J connectivity index is 1.32. The van der Waals surface area contributed by atoms with Gasteiger partial charge in [0.1, 0.15) is 23.7 Å². The summed E-state index contributed by atoms with van der Waals surface area (Å²) in [6.07, 6.45) is 7.27. The van der Waals surface area contributed by atoms with Gasteiger partial charge in [0, 0.05) is 37.1 Å². The van der Waals surface area contributed by atoms with Crippen LogP contribution in [-0.2, 0) is 6.42 Å². The van der Waals surface area contributed by atoms with E-state index in [1.807, 2.05) is 6.92 Å². The molecule has 1 atom stereocenters. The number of nitrogens with one attached hydrogen (secondary N) is 2. The van der Waals surface area contributed by atoms with Gasteiger partial charge < -0.3 is 20.5 Å². The molecular formula is C33H36FN7O3. The molecule has 1 unspecified atom stereocenters. The summed E-state index contributed by atoms with van der Waals surface area (Å²) in [5.41, 5.74) is 3.44. The molecule has 2 aromatic carbocycles. The van der Waals surface area contributed by atoms with Crippen molar-refractivity contribution in [2.45, 2.75) is 57.0 Å². The predicted octanol–water partition coefficient (Wildman–Crippen LogP) is 3.46. The molecule has 5 aliphatic rings. The maximum atomic E-state index is 15.0. The highest BCUT2D eigenvalue weighted by Crippen LogP contribution is 2.39. The summed E-state index contributed by atoms with van der Waals surface area (Å²) in [7, 11) is 0. The summed E-state index contributed by atoms with van der Waals surface area (Å²) in [4.78, 5) is 26.6. The first-order valence-electron chi connectivity index (χ1n) is 15.7. The lowest BCUT2D eigenvalue weighted by Crippen LogP contribution is -2.43. The first-order valence-corrected chi connectivity index (χ1v) is 15.7. The molecule has 10 nitrogen and oxygen atoms in total. The number of benzene rings is 2. The third-order valence-electron chi connectivity index (χ3n) is 10.1. The number of aromatic nitrogens is 4. The van der Waals surface area contributed by atoms with Gasteiger partial charge in [0.25, 0.3) is 5.56 Å². The molecule has 11 heteroatoms. The normalized spacial score (nSPS) is 21.4. The zero-order valence-electron chi connectivity index (χ0n) is 24.8. The van der Waals surface area contributed by atoms with Crippen LogP contribution in [0.2, 0.25) is 0 Å². The van der Waals surface area contributed by atoms with Gasteiger partial charge in [-0.15, -0.1) is 0 Å². The molecule has 2 aromatic heterocycles. The topological polar surface area (TPSA) is 117 Å². The summed E-state index contributed by atoms with van der Waals surface area (Å²) in [6, 6.07) is 6.47. The Labute approximate surface area is 253 Å². The number of aromatic hydroxyl groups is 1. The van der Waals surface area contributed by atoms with Crippen LogP contribution in [0.25, 0.3) is 32.9 Å². The van der Waals surface area contributed by atoms with Gasteiger partial charge in [-0.2, -0.15) is 19.7 Å². The zero-order chi connectivity index (χ0) is 30.0. The molecule has 0 radical (unpaired) electrons. The molecule has 3 fully saturated rings. The van der Waals surface area contributed by atoms with E-state index in [1.54, 1.807) is 18.3 Å². The molecule has 3 N–H and O–H groups in total. The number of nitrogens with zero attached hydrogens (tertiary/aromatic N) is 5. The molecule has 5 aliphatic heterocycles. The summed E-state index contributed by atoms with van der Waals surface area (Å²) in [5.74, 6) is -0.409. The van der Waals surface area contributed by atoms with Crippen molar-refractivity contribution in [3.05, 3.63) is 63.5 Å². The van der Waals surface area contributed by atoms with Crippen molar-refractivity contribution in [1.29, 1.82) is 0 Å². The first kappa shape index (κ1) is 27.6. The van der Waals surface area contributed by atoms with Gasteiger partial charge in [0.2, 0.25) is 0 Å². The van der Waals surface area contributed by atoms with Crippen molar-refractivity contribution in [2.24, 2.45) is 0 Å². The van der Waals surface area contributed by atoms with E-state index in [0.29, 0.717) is 46.1 Å². The van der Waals surface area contributed by atoms with E-state index in [1.165, 1.54) is 22.4 Å². The highest BCUT2D eigenvalue weighted by atomic mass is 19.1. The number of phenols is 1. The Kier molecular flexibility index (Phi) is 6.65. The third-order valence-corrected chi connectivity index (χ3v) is 10.1. The minimum atomic E-state index is -0.476. The van der Waals surface area contributed by atoms with E-state index < -0.39 is 5.56 Å². The van der Waals surface area contributed by atoms with Gasteiger partial charge in [-0.3, -0.25) is 9.69 Å². The van der Waals surface area contributed by atoms with E-state index in [9.17, 15) is 14.3 Å². The Bertz CT molecular complexity index is 1890. The van der Waals surface area contributed by atoms with Gasteiger partial charge in [0.05, 0.1) is 28.5 Å². The number of fused-ring (bicyclic) bond motifs is 7. The van der Waals surface area contributed by atoms with E-state index in [0.717, 1.165) is 70.4 Å². The second kappa shape index (κ2) is 10.6. The summed E-state index contributed by atoms with van der Waals surface area (Å²) < 4.78 is 22.6. The summed E-state index contributed by atoms with van der Waals surface area (Å²) in [6.45, 7) is 6.85. The number of rotatable bonds is 6. The second-order valence-electron chi connectivity index (χ2n) is 12.6. The molecule has 7 heterocycles. The lowest BCUT2D eigenvalue weighted by Gasteiger charge is -2.31. The standard InChI is InChI=1S/C33H36FN7O3/c1-2-23-26(34)6-5-19-11-22(42)13-27(28(19)23)41-31(43)30-25(17-37-41)29(24-12-21-16-35-14-20(24)15-36-21)38-32(39-30)44-18-33-7-3-9-40(33)10-4-8-33/h5-6,11,13,17,21,35-36,42H,2-4,7-10,12,14-16,18H2,1H3. The van der Waals surface area contributed by atoms with Crippen LogP contribution in [0, 0.1) is 5.82 Å². The Hall–Kier alpha value is -3.93. The number of hydrogen-bond donors (Lipinski definition) is 3. The van der Waals surface area contributed by atoms with Gasteiger partial charge in [-0.1, -0.05) is 13.0 Å². The highest BCUT2D eigenvalue weighted by molar-refractivity contribution is 5.95. The Morgan fingerprint density at radius 1 is 1.16 bits per heavy atom. The average molecular weight is 598 g/mol. The second-order valence-corrected chi connectivity index (χ2v) is 12.6. The molecule has 0 spiro atoms. The molecule has 44 heavy (non-hydrogen) atoms. The number of ether oxygens (including phenoxy) is 1. The van der Waals surface area contributed by atoms with Crippen LogP contribution < -0.4 is 20.9 Å². The van der Waals surface area contributed by atoms with Crippen molar-refractivity contribution in [3.8, 4) is 17.4 Å². The maximum absolute atomic E-state index is 15.0. The number of aryl methyl sites for hydroxylation is 1. The smallest absolute Gasteiger partial charge is 0.317 e. The van der Waals surface area contributed by atoms with Crippen LogP contribution in [0.15, 0.2) is 40.8 Å². The first-order chi connectivity index (χ1) is 21.4. The molecule has 2 bridgehead atoms. The van der Waals surface area contributed by atoms with Crippen LogP contribution in [-0.4, -0.2) is 80.7 Å². The van der Waals surface area contributed by atoms with Gasteiger partial charge in [0.15, 0.2) is 0 Å². The largest absolute Gasteiger partial charge is 0.508 e. The van der Waals surface area contributed by atoms with Crippen LogP contribution in [0.1, 0.15) is 50.3 Å².